The molecule has 0 unspecified atom stereocenters. The fourth-order valence-electron chi connectivity index (χ4n) is 2.78. The Hall–Kier alpha value is -2.62. The number of imidazole rings is 1. The summed E-state index contributed by atoms with van der Waals surface area (Å²) in [5.74, 6) is 0.515. The van der Waals surface area contributed by atoms with Crippen LogP contribution < -0.4 is 0 Å². The molecular weight excluding hydrogens is 286 g/mol. The number of benzene rings is 2. The number of rotatable bonds is 4. The minimum Gasteiger partial charge on any atom is -0.341 e. The van der Waals surface area contributed by atoms with Crippen molar-refractivity contribution in [3.05, 3.63) is 60.4 Å². The summed E-state index contributed by atoms with van der Waals surface area (Å²) >= 11 is 0. The molecule has 0 N–H and O–H groups in total. The lowest BCUT2D eigenvalue weighted by Crippen LogP contribution is -2.30. The highest BCUT2D eigenvalue weighted by atomic mass is 16.2. The molecule has 0 saturated carbocycles. The molecule has 0 radical (unpaired) electrons. The van der Waals surface area contributed by atoms with Crippen LogP contribution in [0.2, 0.25) is 0 Å². The smallest absolute Gasteiger partial charge is 0.253 e. The number of para-hydroxylation sites is 2. The van der Waals surface area contributed by atoms with Gasteiger partial charge in [0.1, 0.15) is 6.33 Å². The van der Waals surface area contributed by atoms with Crippen molar-refractivity contribution in [1.82, 2.24) is 14.5 Å². The fourth-order valence-corrected chi connectivity index (χ4v) is 2.78. The van der Waals surface area contributed by atoms with Crippen molar-refractivity contribution in [3.8, 4) is 5.69 Å². The number of aromatic nitrogens is 2. The van der Waals surface area contributed by atoms with Crippen LogP contribution in [0, 0.1) is 5.92 Å². The van der Waals surface area contributed by atoms with E-state index in [4.69, 9.17) is 0 Å². The second kappa shape index (κ2) is 6.24. The van der Waals surface area contributed by atoms with Crippen LogP contribution in [-0.4, -0.2) is 34.0 Å². The number of nitrogens with zero attached hydrogens (tertiary/aromatic N) is 3. The third kappa shape index (κ3) is 3.11. The molecule has 4 heteroatoms. The van der Waals surface area contributed by atoms with Crippen LogP contribution in [0.5, 0.6) is 0 Å². The highest BCUT2D eigenvalue weighted by molar-refractivity contribution is 5.94. The van der Waals surface area contributed by atoms with Gasteiger partial charge in [-0.15, -0.1) is 0 Å². The fraction of sp³-hybridized carbons (Fsp3) is 0.263. The Bertz CT molecular complexity index is 818. The van der Waals surface area contributed by atoms with Crippen LogP contribution in [0.15, 0.2) is 54.9 Å². The van der Waals surface area contributed by atoms with Crippen molar-refractivity contribution >= 4 is 16.9 Å². The van der Waals surface area contributed by atoms with Gasteiger partial charge in [-0.2, -0.15) is 0 Å². The molecule has 1 aromatic heterocycles. The van der Waals surface area contributed by atoms with Gasteiger partial charge in [0.2, 0.25) is 0 Å². The van der Waals surface area contributed by atoms with E-state index >= 15 is 0 Å². The first-order valence-electron chi connectivity index (χ1n) is 7.84. The maximum Gasteiger partial charge on any atom is 0.253 e. The third-order valence-corrected chi connectivity index (χ3v) is 3.83. The van der Waals surface area contributed by atoms with E-state index in [1.807, 2.05) is 66.5 Å². The summed E-state index contributed by atoms with van der Waals surface area (Å²) in [6.45, 7) is 4.97. The second-order valence-electron chi connectivity index (χ2n) is 6.23. The topological polar surface area (TPSA) is 38.1 Å². The van der Waals surface area contributed by atoms with Crippen LogP contribution in [0.25, 0.3) is 16.7 Å². The lowest BCUT2D eigenvalue weighted by atomic mass is 10.1. The van der Waals surface area contributed by atoms with Crippen LogP contribution in [0.1, 0.15) is 24.2 Å². The summed E-state index contributed by atoms with van der Waals surface area (Å²) in [7, 11) is 1.85. The van der Waals surface area contributed by atoms with Gasteiger partial charge in [-0.1, -0.05) is 26.0 Å². The first-order valence-corrected chi connectivity index (χ1v) is 7.84. The number of hydrogen-bond acceptors (Lipinski definition) is 2. The SMILES string of the molecule is CC(C)CN(C)C(=O)c1ccc(-n2cnc3ccccc32)cc1. The van der Waals surface area contributed by atoms with Crippen molar-refractivity contribution in [3.63, 3.8) is 0 Å². The van der Waals surface area contributed by atoms with E-state index in [1.165, 1.54) is 0 Å². The van der Waals surface area contributed by atoms with E-state index in [2.05, 4.69) is 18.8 Å². The summed E-state index contributed by atoms with van der Waals surface area (Å²) in [6.07, 6.45) is 1.81. The van der Waals surface area contributed by atoms with E-state index < -0.39 is 0 Å². The standard InChI is InChI=1S/C19H21N3O/c1-14(2)12-21(3)19(23)15-8-10-16(11-9-15)22-13-20-17-6-4-5-7-18(17)22/h4-11,13-14H,12H2,1-3H3. The largest absolute Gasteiger partial charge is 0.341 e. The molecule has 118 valence electrons. The van der Waals surface area contributed by atoms with Gasteiger partial charge in [-0.3, -0.25) is 9.36 Å². The van der Waals surface area contributed by atoms with Crippen molar-refractivity contribution in [1.29, 1.82) is 0 Å². The summed E-state index contributed by atoms with van der Waals surface area (Å²) in [5.41, 5.74) is 3.73. The van der Waals surface area contributed by atoms with Gasteiger partial charge in [0.05, 0.1) is 11.0 Å². The Labute approximate surface area is 136 Å². The Morgan fingerprint density at radius 1 is 1.13 bits per heavy atom. The molecule has 3 rings (SSSR count). The zero-order valence-electron chi connectivity index (χ0n) is 13.7. The molecule has 3 aromatic rings. The molecule has 0 aliphatic rings. The number of carbonyl (C=O) groups excluding carboxylic acids is 1. The molecule has 0 saturated heterocycles. The first-order chi connectivity index (χ1) is 11.1. The maximum absolute atomic E-state index is 12.4. The molecule has 0 fully saturated rings. The van der Waals surface area contributed by atoms with E-state index in [-0.39, 0.29) is 5.91 Å². The summed E-state index contributed by atoms with van der Waals surface area (Å²) in [4.78, 5) is 18.6. The lowest BCUT2D eigenvalue weighted by Gasteiger charge is -2.19. The van der Waals surface area contributed by atoms with Crippen molar-refractivity contribution < 1.29 is 4.79 Å². The average Bonchev–Trinajstić information content (AvgIpc) is 2.97. The Morgan fingerprint density at radius 3 is 2.52 bits per heavy atom. The van der Waals surface area contributed by atoms with E-state index in [0.717, 1.165) is 23.3 Å². The highest BCUT2D eigenvalue weighted by Crippen LogP contribution is 2.18. The van der Waals surface area contributed by atoms with Crippen molar-refractivity contribution in [2.45, 2.75) is 13.8 Å². The lowest BCUT2D eigenvalue weighted by molar-refractivity contribution is 0.0779. The third-order valence-electron chi connectivity index (χ3n) is 3.83. The second-order valence-corrected chi connectivity index (χ2v) is 6.23. The van der Waals surface area contributed by atoms with Crippen molar-refractivity contribution in [2.75, 3.05) is 13.6 Å². The molecule has 1 heterocycles. The van der Waals surface area contributed by atoms with E-state index in [9.17, 15) is 4.79 Å². The maximum atomic E-state index is 12.4. The first kappa shape index (κ1) is 15.3. The molecule has 4 nitrogen and oxygen atoms in total. The number of amides is 1. The number of hydrogen-bond donors (Lipinski definition) is 0. The van der Waals surface area contributed by atoms with Gasteiger partial charge in [-0.25, -0.2) is 4.98 Å². The minimum absolute atomic E-state index is 0.0562. The number of fused-ring (bicyclic) bond motifs is 1. The van der Waals surface area contributed by atoms with Gasteiger partial charge in [-0.05, 0) is 42.3 Å². The molecular formula is C19H21N3O. The number of carbonyl (C=O) groups is 1. The Balaban J connectivity index is 1.86. The molecule has 0 aliphatic heterocycles. The molecule has 2 aromatic carbocycles. The van der Waals surface area contributed by atoms with Crippen LogP contribution in [0.4, 0.5) is 0 Å². The normalized spacial score (nSPS) is 11.1. The van der Waals surface area contributed by atoms with Gasteiger partial charge >= 0.3 is 0 Å². The Morgan fingerprint density at radius 2 is 1.83 bits per heavy atom. The molecule has 23 heavy (non-hydrogen) atoms. The molecule has 0 spiro atoms. The molecule has 1 amide bonds. The highest BCUT2D eigenvalue weighted by Gasteiger charge is 2.13. The Kier molecular flexibility index (Phi) is 4.15. The van der Waals surface area contributed by atoms with Crippen LogP contribution in [-0.2, 0) is 0 Å². The van der Waals surface area contributed by atoms with Gasteiger partial charge in [0.15, 0.2) is 0 Å². The van der Waals surface area contributed by atoms with Gasteiger partial charge in [0, 0.05) is 24.8 Å². The summed E-state index contributed by atoms with van der Waals surface area (Å²) in [5, 5.41) is 0. The molecule has 0 bridgehead atoms. The van der Waals surface area contributed by atoms with E-state index in [0.29, 0.717) is 11.5 Å². The van der Waals surface area contributed by atoms with Crippen molar-refractivity contribution in [2.24, 2.45) is 5.92 Å². The zero-order chi connectivity index (χ0) is 16.4. The molecule has 0 aliphatic carbocycles. The quantitative estimate of drug-likeness (QED) is 0.736. The predicted octanol–water partition coefficient (Wildman–Crippen LogP) is 3.75. The minimum atomic E-state index is 0.0562. The summed E-state index contributed by atoms with van der Waals surface area (Å²) in [6, 6.07) is 15.7. The zero-order valence-corrected chi connectivity index (χ0v) is 13.7. The summed E-state index contributed by atoms with van der Waals surface area (Å²) < 4.78 is 2.03. The van der Waals surface area contributed by atoms with Gasteiger partial charge in [0.25, 0.3) is 5.91 Å². The van der Waals surface area contributed by atoms with Crippen LogP contribution >= 0.6 is 0 Å². The monoisotopic (exact) mass is 307 g/mol. The molecule has 0 atom stereocenters. The average molecular weight is 307 g/mol. The van der Waals surface area contributed by atoms with Gasteiger partial charge < -0.3 is 4.90 Å². The predicted molar refractivity (Wildman–Crippen MR) is 92.9 cm³/mol. The van der Waals surface area contributed by atoms with Crippen LogP contribution in [0.3, 0.4) is 0 Å². The van der Waals surface area contributed by atoms with E-state index in [1.54, 1.807) is 4.90 Å².